The smallest absolute Gasteiger partial charge is 0.323 e. The van der Waals surface area contributed by atoms with Crippen LogP contribution in [-0.2, 0) is 0 Å². The lowest BCUT2D eigenvalue weighted by Gasteiger charge is -2.15. The molecule has 0 aromatic heterocycles. The third-order valence-electron chi connectivity index (χ3n) is 6.03. The van der Waals surface area contributed by atoms with Gasteiger partial charge in [-0.15, -0.1) is 12.4 Å². The molecule has 0 radical (unpaired) electrons. The maximum absolute atomic E-state index is 12.7. The van der Waals surface area contributed by atoms with Gasteiger partial charge < -0.3 is 26.6 Å². The highest BCUT2D eigenvalue weighted by Gasteiger charge is 2.11. The normalized spacial score (nSPS) is 14.4. The molecule has 0 fully saturated rings. The number of halogens is 1. The van der Waals surface area contributed by atoms with Gasteiger partial charge in [0.25, 0.3) is 5.91 Å². The van der Waals surface area contributed by atoms with Gasteiger partial charge in [0.2, 0.25) is 0 Å². The van der Waals surface area contributed by atoms with Crippen LogP contribution in [0.1, 0.15) is 34.3 Å². The molecule has 5 N–H and O–H groups in total. The van der Waals surface area contributed by atoms with Crippen LogP contribution in [0.25, 0.3) is 0 Å². The molecule has 0 unspecified atom stereocenters. The minimum atomic E-state index is -0.366. The van der Waals surface area contributed by atoms with Gasteiger partial charge in [-0.1, -0.05) is 0 Å². The number of amidine groups is 2. The highest BCUT2D eigenvalue weighted by Crippen LogP contribution is 2.16. The molecule has 0 spiro atoms. The summed E-state index contributed by atoms with van der Waals surface area (Å²) in [6.45, 7) is 3.50. The van der Waals surface area contributed by atoms with E-state index in [0.717, 1.165) is 61.8 Å². The number of rotatable bonds is 6. The van der Waals surface area contributed by atoms with Crippen molar-refractivity contribution in [2.45, 2.75) is 12.8 Å². The molecule has 5 rings (SSSR count). The Morgan fingerprint density at radius 1 is 0.605 bits per heavy atom. The number of nitrogens with zero attached hydrogens (tertiary/aromatic N) is 2. The molecule has 196 valence electrons. The minimum Gasteiger partial charge on any atom is -0.370 e. The lowest BCUT2D eigenvalue weighted by Crippen LogP contribution is -2.30. The summed E-state index contributed by atoms with van der Waals surface area (Å²) in [6.07, 6.45) is 2.08. The van der Waals surface area contributed by atoms with Gasteiger partial charge in [0.05, 0.1) is 0 Å². The maximum Gasteiger partial charge on any atom is 0.323 e. The number of aliphatic imine (C=N–C) groups is 2. The first-order chi connectivity index (χ1) is 18.1. The summed E-state index contributed by atoms with van der Waals surface area (Å²) >= 11 is 0. The number of amides is 3. The summed E-state index contributed by atoms with van der Waals surface area (Å²) in [5.74, 6) is 1.55. The fourth-order valence-electron chi connectivity index (χ4n) is 4.08. The van der Waals surface area contributed by atoms with E-state index in [1.807, 2.05) is 48.5 Å². The Labute approximate surface area is 227 Å². The van der Waals surface area contributed by atoms with Crippen LogP contribution < -0.4 is 26.6 Å². The third kappa shape index (κ3) is 6.89. The van der Waals surface area contributed by atoms with E-state index in [-0.39, 0.29) is 24.3 Å². The van der Waals surface area contributed by atoms with Gasteiger partial charge in [0.15, 0.2) is 0 Å². The van der Waals surface area contributed by atoms with Crippen molar-refractivity contribution < 1.29 is 9.59 Å². The van der Waals surface area contributed by atoms with Gasteiger partial charge in [-0.25, -0.2) is 4.79 Å². The van der Waals surface area contributed by atoms with Crippen LogP contribution in [0.3, 0.4) is 0 Å². The molecular formula is C28H30ClN7O2. The highest BCUT2D eigenvalue weighted by atomic mass is 35.5. The second-order valence-electron chi connectivity index (χ2n) is 8.79. The standard InChI is InChI=1S/C28H29N7O2.ClH/c36-27(33-22-9-3-19(4-10-22)25-29-15-1-16-30-25)21-7-13-24(14-8-21)35-28(37)34-23-11-5-20(6-12-23)26-31-17-2-18-32-26;/h3-14H,1-2,15-18H2,(H,29,30)(H,31,32)(H,33,36)(H2,34,35,37);1H. The second kappa shape index (κ2) is 12.7. The van der Waals surface area contributed by atoms with Crippen LogP contribution in [0.4, 0.5) is 21.9 Å². The van der Waals surface area contributed by atoms with Crippen molar-refractivity contribution in [3.8, 4) is 0 Å². The van der Waals surface area contributed by atoms with Gasteiger partial charge in [-0.2, -0.15) is 0 Å². The molecule has 0 saturated carbocycles. The van der Waals surface area contributed by atoms with E-state index in [2.05, 4.69) is 36.6 Å². The van der Waals surface area contributed by atoms with Crippen LogP contribution >= 0.6 is 12.4 Å². The molecule has 3 aromatic rings. The molecule has 0 saturated heterocycles. The van der Waals surface area contributed by atoms with Gasteiger partial charge >= 0.3 is 6.03 Å². The Morgan fingerprint density at radius 2 is 1.03 bits per heavy atom. The largest absolute Gasteiger partial charge is 0.370 e. The number of hydrogen-bond donors (Lipinski definition) is 5. The number of carbonyl (C=O) groups is 2. The highest BCUT2D eigenvalue weighted by molar-refractivity contribution is 6.06. The minimum absolute atomic E-state index is 0. The van der Waals surface area contributed by atoms with E-state index in [0.29, 0.717) is 22.6 Å². The maximum atomic E-state index is 12.7. The van der Waals surface area contributed by atoms with Crippen LogP contribution in [0.2, 0.25) is 0 Å². The summed E-state index contributed by atoms with van der Waals surface area (Å²) in [7, 11) is 0. The first kappa shape index (κ1) is 26.7. The summed E-state index contributed by atoms with van der Waals surface area (Å²) in [6, 6.07) is 21.5. The zero-order valence-corrected chi connectivity index (χ0v) is 21.6. The van der Waals surface area contributed by atoms with Gasteiger partial charge in [0, 0.05) is 59.9 Å². The van der Waals surface area contributed by atoms with E-state index >= 15 is 0 Å². The number of carbonyl (C=O) groups excluding carboxylic acids is 2. The Kier molecular flexibility index (Phi) is 8.94. The van der Waals surface area contributed by atoms with Crippen LogP contribution in [0.5, 0.6) is 0 Å². The van der Waals surface area contributed by atoms with Crippen molar-refractivity contribution >= 4 is 53.1 Å². The zero-order chi connectivity index (χ0) is 25.5. The molecule has 0 bridgehead atoms. The predicted molar refractivity (Wildman–Crippen MR) is 155 cm³/mol. The fraction of sp³-hybridized carbons (Fsp3) is 0.214. The Morgan fingerprint density at radius 3 is 1.45 bits per heavy atom. The van der Waals surface area contributed by atoms with Gasteiger partial charge in [-0.05, 0) is 85.6 Å². The van der Waals surface area contributed by atoms with Crippen molar-refractivity contribution in [2.75, 3.05) is 42.1 Å². The fourth-order valence-corrected chi connectivity index (χ4v) is 4.08. The summed E-state index contributed by atoms with van der Waals surface area (Å²) < 4.78 is 0. The molecule has 0 aliphatic carbocycles. The molecule has 9 nitrogen and oxygen atoms in total. The monoisotopic (exact) mass is 531 g/mol. The van der Waals surface area contributed by atoms with Crippen molar-refractivity contribution in [3.05, 3.63) is 89.5 Å². The van der Waals surface area contributed by atoms with Crippen molar-refractivity contribution in [1.29, 1.82) is 0 Å². The molecule has 0 atom stereocenters. The van der Waals surface area contributed by atoms with Gasteiger partial charge in [-0.3, -0.25) is 14.8 Å². The molecule has 2 heterocycles. The number of benzene rings is 3. The first-order valence-corrected chi connectivity index (χ1v) is 12.4. The average Bonchev–Trinajstić information content (AvgIpc) is 2.95. The van der Waals surface area contributed by atoms with E-state index < -0.39 is 0 Å². The number of nitrogens with one attached hydrogen (secondary N) is 5. The van der Waals surface area contributed by atoms with Crippen molar-refractivity contribution in [1.82, 2.24) is 10.6 Å². The number of hydrogen-bond acceptors (Lipinski definition) is 6. The summed E-state index contributed by atoms with van der Waals surface area (Å²) in [4.78, 5) is 34.0. The molecule has 2 aliphatic rings. The van der Waals surface area contributed by atoms with Crippen molar-refractivity contribution in [2.24, 2.45) is 9.98 Å². The Balaban J connectivity index is 0.00000336. The predicted octanol–water partition coefficient (Wildman–Crippen LogP) is 4.48. The average molecular weight is 532 g/mol. The summed E-state index contributed by atoms with van der Waals surface area (Å²) in [5, 5.41) is 15.1. The van der Waals surface area contributed by atoms with Crippen LogP contribution in [-0.4, -0.2) is 49.8 Å². The van der Waals surface area contributed by atoms with Crippen LogP contribution in [0.15, 0.2) is 82.8 Å². The quantitative estimate of drug-likeness (QED) is 0.322. The Hall–Kier alpha value is -4.37. The topological polar surface area (TPSA) is 119 Å². The van der Waals surface area contributed by atoms with Crippen molar-refractivity contribution in [3.63, 3.8) is 0 Å². The molecule has 38 heavy (non-hydrogen) atoms. The molecule has 3 amide bonds. The molecule has 10 heteroatoms. The summed E-state index contributed by atoms with van der Waals surface area (Å²) in [5.41, 5.74) is 4.43. The number of urea groups is 1. The molecular weight excluding hydrogens is 502 g/mol. The second-order valence-corrected chi connectivity index (χ2v) is 8.79. The van der Waals surface area contributed by atoms with E-state index in [4.69, 9.17) is 0 Å². The van der Waals surface area contributed by atoms with E-state index in [9.17, 15) is 9.59 Å². The molecule has 3 aromatic carbocycles. The van der Waals surface area contributed by atoms with E-state index in [1.54, 1.807) is 24.3 Å². The molecule has 2 aliphatic heterocycles. The van der Waals surface area contributed by atoms with E-state index in [1.165, 1.54) is 0 Å². The third-order valence-corrected chi connectivity index (χ3v) is 6.03. The lowest BCUT2D eigenvalue weighted by molar-refractivity contribution is 0.102. The van der Waals surface area contributed by atoms with Crippen LogP contribution in [0, 0.1) is 0 Å². The SMILES string of the molecule is Cl.O=C(Nc1ccc(C(=O)Nc2ccc(C3=NCCCN3)cc2)cc1)Nc1ccc(C2=NCCCN2)cc1. The first-order valence-electron chi connectivity index (χ1n) is 12.4. The zero-order valence-electron chi connectivity index (χ0n) is 20.8. The Bertz CT molecular complexity index is 1320. The number of anilines is 3. The lowest BCUT2D eigenvalue weighted by atomic mass is 10.1. The van der Waals surface area contributed by atoms with Gasteiger partial charge in [0.1, 0.15) is 11.7 Å².